The number of aromatic nitrogens is 3. The van der Waals surface area contributed by atoms with Gasteiger partial charge in [0.25, 0.3) is 0 Å². The van der Waals surface area contributed by atoms with Gasteiger partial charge in [0, 0.05) is 37.9 Å². The average molecular weight is 445 g/mol. The fraction of sp³-hybridized carbons (Fsp3) is 0.524. The van der Waals surface area contributed by atoms with Gasteiger partial charge in [0.2, 0.25) is 11.8 Å². The summed E-state index contributed by atoms with van der Waals surface area (Å²) < 4.78 is 7.16. The molecule has 1 saturated heterocycles. The number of nitrogens with one attached hydrogen (secondary N) is 1. The quantitative estimate of drug-likeness (QED) is 0.610. The Morgan fingerprint density at radius 1 is 1.13 bits per heavy atom. The highest BCUT2D eigenvalue weighted by Gasteiger charge is 2.26. The van der Waals surface area contributed by atoms with Crippen LogP contribution in [0.4, 0.5) is 0 Å². The van der Waals surface area contributed by atoms with E-state index in [1.54, 1.807) is 7.11 Å². The van der Waals surface area contributed by atoms with E-state index in [0.717, 1.165) is 43.2 Å². The van der Waals surface area contributed by atoms with E-state index >= 15 is 0 Å². The van der Waals surface area contributed by atoms with Crippen LogP contribution in [0, 0.1) is 6.92 Å². The molecule has 0 radical (unpaired) electrons. The van der Waals surface area contributed by atoms with Gasteiger partial charge in [0.05, 0.1) is 19.4 Å². The highest BCUT2D eigenvalue weighted by molar-refractivity contribution is 7.99. The molecule has 1 saturated carbocycles. The van der Waals surface area contributed by atoms with Gasteiger partial charge in [-0.05, 0) is 44.0 Å². The molecule has 166 valence electrons. The third-order valence-corrected chi connectivity index (χ3v) is 6.40. The number of hydrogen-bond donors (Lipinski definition) is 1. The molecule has 2 heterocycles. The minimum atomic E-state index is 0.0778. The van der Waals surface area contributed by atoms with Gasteiger partial charge in [-0.15, -0.1) is 10.2 Å². The minimum absolute atomic E-state index is 0.0778. The second kappa shape index (κ2) is 9.69. The molecule has 2 aromatic rings. The van der Waals surface area contributed by atoms with Crippen LogP contribution in [0.25, 0.3) is 5.69 Å². The van der Waals surface area contributed by atoms with Crippen molar-refractivity contribution in [2.75, 3.05) is 45.6 Å². The van der Waals surface area contributed by atoms with Gasteiger partial charge in [-0.2, -0.15) is 0 Å². The number of ether oxygens (including phenoxy) is 1. The summed E-state index contributed by atoms with van der Waals surface area (Å²) in [7, 11) is 1.63. The van der Waals surface area contributed by atoms with Crippen molar-refractivity contribution in [2.24, 2.45) is 0 Å². The molecule has 0 spiro atoms. The number of aryl methyl sites for hydroxylation is 1. The standard InChI is InChI=1S/C21H28N6O3S/c1-15-23-24-21(27(15)17-5-7-18(30-2)8-6-17)31-14-20(29)26-11-9-25(10-12-26)13-19(28)22-16-3-4-16/h5-8,16H,3-4,9-14H2,1-2H3,(H,22,28). The Morgan fingerprint density at radius 3 is 2.48 bits per heavy atom. The second-order valence-corrected chi connectivity index (χ2v) is 8.79. The molecule has 1 N–H and O–H groups in total. The molecule has 1 aliphatic carbocycles. The Kier molecular flexibility index (Phi) is 6.77. The SMILES string of the molecule is COc1ccc(-n2c(C)nnc2SCC(=O)N2CCN(CC(=O)NC3CC3)CC2)cc1. The van der Waals surface area contributed by atoms with E-state index in [-0.39, 0.29) is 11.8 Å². The molecular formula is C21H28N6O3S. The first-order valence-electron chi connectivity index (χ1n) is 10.5. The lowest BCUT2D eigenvalue weighted by Gasteiger charge is -2.34. The minimum Gasteiger partial charge on any atom is -0.497 e. The van der Waals surface area contributed by atoms with Crippen LogP contribution in [0.1, 0.15) is 18.7 Å². The summed E-state index contributed by atoms with van der Waals surface area (Å²) >= 11 is 1.39. The van der Waals surface area contributed by atoms with Crippen molar-refractivity contribution in [1.29, 1.82) is 0 Å². The van der Waals surface area contributed by atoms with E-state index in [2.05, 4.69) is 20.4 Å². The van der Waals surface area contributed by atoms with Gasteiger partial charge < -0.3 is 15.0 Å². The number of thioether (sulfide) groups is 1. The number of methoxy groups -OCH3 is 1. The average Bonchev–Trinajstić information content (AvgIpc) is 3.52. The summed E-state index contributed by atoms with van der Waals surface area (Å²) in [6.07, 6.45) is 2.19. The summed E-state index contributed by atoms with van der Waals surface area (Å²) in [5.41, 5.74) is 0.927. The van der Waals surface area contributed by atoms with Gasteiger partial charge in [-0.1, -0.05) is 11.8 Å². The van der Waals surface area contributed by atoms with Crippen LogP contribution in [0.3, 0.4) is 0 Å². The predicted molar refractivity (Wildman–Crippen MR) is 118 cm³/mol. The topological polar surface area (TPSA) is 92.6 Å². The second-order valence-electron chi connectivity index (χ2n) is 7.85. The van der Waals surface area contributed by atoms with Crippen LogP contribution in [0.2, 0.25) is 0 Å². The zero-order valence-electron chi connectivity index (χ0n) is 17.9. The highest BCUT2D eigenvalue weighted by atomic mass is 32.2. The predicted octanol–water partition coefficient (Wildman–Crippen LogP) is 1.10. The maximum absolute atomic E-state index is 12.7. The molecule has 1 aromatic carbocycles. The summed E-state index contributed by atoms with van der Waals surface area (Å²) in [6.45, 7) is 5.02. The van der Waals surface area contributed by atoms with Crippen LogP contribution in [0.15, 0.2) is 29.4 Å². The molecule has 4 rings (SSSR count). The highest BCUT2D eigenvalue weighted by Crippen LogP contribution is 2.24. The fourth-order valence-corrected chi connectivity index (χ4v) is 4.44. The monoisotopic (exact) mass is 444 g/mol. The Bertz CT molecular complexity index is 920. The number of carbonyl (C=O) groups is 2. The lowest BCUT2D eigenvalue weighted by atomic mass is 10.3. The Balaban J connectivity index is 1.28. The van der Waals surface area contributed by atoms with E-state index in [0.29, 0.717) is 36.6 Å². The molecule has 1 aliphatic heterocycles. The van der Waals surface area contributed by atoms with Gasteiger partial charge in [-0.3, -0.25) is 19.1 Å². The third-order valence-electron chi connectivity index (χ3n) is 5.49. The van der Waals surface area contributed by atoms with E-state index in [4.69, 9.17) is 4.74 Å². The number of benzene rings is 1. The fourth-order valence-electron chi connectivity index (χ4n) is 3.54. The molecule has 2 aliphatic rings. The van der Waals surface area contributed by atoms with E-state index < -0.39 is 0 Å². The number of hydrogen-bond acceptors (Lipinski definition) is 7. The molecule has 10 heteroatoms. The van der Waals surface area contributed by atoms with Crippen LogP contribution in [0.5, 0.6) is 5.75 Å². The lowest BCUT2D eigenvalue weighted by Crippen LogP contribution is -2.51. The number of rotatable bonds is 8. The molecule has 31 heavy (non-hydrogen) atoms. The molecule has 2 amide bonds. The Labute approximate surface area is 186 Å². The summed E-state index contributed by atoms with van der Waals surface area (Å²) in [4.78, 5) is 28.7. The largest absolute Gasteiger partial charge is 0.497 e. The van der Waals surface area contributed by atoms with Gasteiger partial charge in [0.1, 0.15) is 11.6 Å². The normalized spacial score (nSPS) is 16.9. The maximum atomic E-state index is 12.7. The Morgan fingerprint density at radius 2 is 1.84 bits per heavy atom. The lowest BCUT2D eigenvalue weighted by molar-refractivity contribution is -0.130. The molecule has 0 unspecified atom stereocenters. The number of carbonyl (C=O) groups excluding carboxylic acids is 2. The molecule has 0 atom stereocenters. The number of nitrogens with zero attached hydrogens (tertiary/aromatic N) is 5. The van der Waals surface area contributed by atoms with Gasteiger partial charge in [-0.25, -0.2) is 0 Å². The van der Waals surface area contributed by atoms with Crippen molar-refractivity contribution in [3.8, 4) is 11.4 Å². The van der Waals surface area contributed by atoms with Crippen LogP contribution in [-0.4, -0.2) is 88.0 Å². The zero-order valence-corrected chi connectivity index (χ0v) is 18.7. The van der Waals surface area contributed by atoms with E-state index in [1.165, 1.54) is 11.8 Å². The first-order chi connectivity index (χ1) is 15.0. The van der Waals surface area contributed by atoms with E-state index in [9.17, 15) is 9.59 Å². The van der Waals surface area contributed by atoms with Crippen molar-refractivity contribution >= 4 is 23.6 Å². The first kappa shape index (κ1) is 21.6. The van der Waals surface area contributed by atoms with Crippen molar-refractivity contribution in [1.82, 2.24) is 29.9 Å². The van der Waals surface area contributed by atoms with E-state index in [1.807, 2.05) is 40.7 Å². The zero-order chi connectivity index (χ0) is 21.8. The number of piperazine rings is 1. The van der Waals surface area contributed by atoms with Crippen LogP contribution >= 0.6 is 11.8 Å². The smallest absolute Gasteiger partial charge is 0.234 e. The molecule has 2 fully saturated rings. The van der Waals surface area contributed by atoms with Crippen molar-refractivity contribution in [2.45, 2.75) is 31.0 Å². The first-order valence-corrected chi connectivity index (χ1v) is 11.5. The molecular weight excluding hydrogens is 416 g/mol. The third kappa shape index (κ3) is 5.56. The summed E-state index contributed by atoms with van der Waals surface area (Å²) in [6, 6.07) is 8.05. The van der Waals surface area contributed by atoms with Crippen molar-refractivity contribution in [3.63, 3.8) is 0 Å². The Hall–Kier alpha value is -2.59. The van der Waals surface area contributed by atoms with Crippen LogP contribution < -0.4 is 10.1 Å². The van der Waals surface area contributed by atoms with Gasteiger partial charge >= 0.3 is 0 Å². The molecule has 1 aromatic heterocycles. The summed E-state index contributed by atoms with van der Waals surface area (Å²) in [5.74, 6) is 2.01. The van der Waals surface area contributed by atoms with Gasteiger partial charge in [0.15, 0.2) is 5.16 Å². The summed E-state index contributed by atoms with van der Waals surface area (Å²) in [5, 5.41) is 12.1. The molecule has 9 nitrogen and oxygen atoms in total. The van der Waals surface area contributed by atoms with Crippen molar-refractivity contribution in [3.05, 3.63) is 30.1 Å². The van der Waals surface area contributed by atoms with Crippen LogP contribution in [-0.2, 0) is 9.59 Å². The maximum Gasteiger partial charge on any atom is 0.234 e. The van der Waals surface area contributed by atoms with Crippen molar-refractivity contribution < 1.29 is 14.3 Å². The molecule has 0 bridgehead atoms. The number of amides is 2.